The number of hydrogen-bond donors (Lipinski definition) is 0. The second-order valence-corrected chi connectivity index (χ2v) is 9.82. The summed E-state index contributed by atoms with van der Waals surface area (Å²) >= 11 is 0. The molecule has 198 valence electrons. The molecule has 0 aliphatic rings. The van der Waals surface area contributed by atoms with Crippen molar-refractivity contribution < 1.29 is 4.74 Å². The van der Waals surface area contributed by atoms with Crippen molar-refractivity contribution in [3.63, 3.8) is 0 Å². The first-order valence-corrected chi connectivity index (χ1v) is 15.3. The van der Waals surface area contributed by atoms with Crippen LogP contribution in [0.2, 0.25) is 0 Å². The molecular weight excluding hydrogens is 400 g/mol. The van der Waals surface area contributed by atoms with Crippen LogP contribution in [0.4, 0.5) is 0 Å². The fourth-order valence-corrected chi connectivity index (χ4v) is 3.94. The van der Waals surface area contributed by atoms with Crippen LogP contribution in [0.5, 0.6) is 0 Å². The van der Waals surface area contributed by atoms with Crippen molar-refractivity contribution in [3.8, 4) is 0 Å². The Morgan fingerprint density at radius 3 is 0.848 bits per heavy atom. The summed E-state index contributed by atoms with van der Waals surface area (Å²) in [4.78, 5) is 0. The van der Waals surface area contributed by atoms with Crippen LogP contribution in [-0.2, 0) is 4.74 Å². The summed E-state index contributed by atoms with van der Waals surface area (Å²) in [6.07, 6.45) is 41.0. The van der Waals surface area contributed by atoms with Crippen LogP contribution in [0.1, 0.15) is 182 Å². The number of rotatable bonds is 25. The molecule has 0 aromatic heterocycles. The van der Waals surface area contributed by atoms with E-state index in [4.69, 9.17) is 4.74 Å². The second kappa shape index (κ2) is 35.9. The molecule has 0 atom stereocenters. The lowest BCUT2D eigenvalue weighted by Gasteiger charge is -2.00. The Morgan fingerprint density at radius 1 is 0.333 bits per heavy atom. The predicted molar refractivity (Wildman–Crippen MR) is 153 cm³/mol. The third-order valence-corrected chi connectivity index (χ3v) is 6.26. The van der Waals surface area contributed by atoms with E-state index in [1.54, 1.807) is 0 Å². The van der Waals surface area contributed by atoms with E-state index in [2.05, 4.69) is 39.8 Å². The SMILES string of the molecule is CCCCCCCC.CCCCCCCCCCC=COC=CCCCCCCCCCC. The zero-order valence-corrected chi connectivity index (χ0v) is 23.7. The highest BCUT2D eigenvalue weighted by Crippen LogP contribution is 2.11. The van der Waals surface area contributed by atoms with Gasteiger partial charge in [-0.2, -0.15) is 0 Å². The van der Waals surface area contributed by atoms with Crippen LogP contribution in [0, 0.1) is 0 Å². The van der Waals surface area contributed by atoms with E-state index in [0.29, 0.717) is 0 Å². The average molecular weight is 465 g/mol. The minimum absolute atomic E-state index is 1.15. The van der Waals surface area contributed by atoms with E-state index in [1.807, 2.05) is 12.5 Å². The molecule has 0 rings (SSSR count). The van der Waals surface area contributed by atoms with Crippen molar-refractivity contribution in [2.45, 2.75) is 182 Å². The number of allylic oxidation sites excluding steroid dienone is 2. The zero-order valence-electron chi connectivity index (χ0n) is 23.7. The molecule has 0 saturated heterocycles. The number of ether oxygens (including phenoxy) is 1. The van der Waals surface area contributed by atoms with Crippen LogP contribution in [0.15, 0.2) is 24.7 Å². The van der Waals surface area contributed by atoms with Crippen LogP contribution in [-0.4, -0.2) is 0 Å². The lowest BCUT2D eigenvalue weighted by atomic mass is 10.1. The van der Waals surface area contributed by atoms with E-state index in [1.165, 1.54) is 141 Å². The molecule has 0 aliphatic carbocycles. The quantitative estimate of drug-likeness (QED) is 0.0963. The smallest absolute Gasteiger partial charge is 0.0861 e. The highest BCUT2D eigenvalue weighted by Gasteiger charge is 1.91. The van der Waals surface area contributed by atoms with Gasteiger partial charge < -0.3 is 4.74 Å². The molecule has 0 saturated carbocycles. The van der Waals surface area contributed by atoms with Gasteiger partial charge in [0.05, 0.1) is 12.5 Å². The summed E-state index contributed by atoms with van der Waals surface area (Å²) in [7, 11) is 0. The molecule has 0 radical (unpaired) electrons. The highest BCUT2D eigenvalue weighted by molar-refractivity contribution is 4.79. The molecule has 0 amide bonds. The van der Waals surface area contributed by atoms with Crippen molar-refractivity contribution in [2.75, 3.05) is 0 Å². The minimum Gasteiger partial charge on any atom is -0.473 e. The Hall–Kier alpha value is -0.720. The third kappa shape index (κ3) is 38.8. The van der Waals surface area contributed by atoms with Crippen LogP contribution in [0.25, 0.3) is 0 Å². The van der Waals surface area contributed by atoms with E-state index in [0.717, 1.165) is 12.8 Å². The Bertz CT molecular complexity index is 324. The van der Waals surface area contributed by atoms with Crippen LogP contribution >= 0.6 is 0 Å². The first-order valence-electron chi connectivity index (χ1n) is 15.3. The molecule has 0 aromatic rings. The van der Waals surface area contributed by atoms with Crippen molar-refractivity contribution in [1.29, 1.82) is 0 Å². The van der Waals surface area contributed by atoms with Crippen molar-refractivity contribution in [1.82, 2.24) is 0 Å². The van der Waals surface area contributed by atoms with Gasteiger partial charge in [0.1, 0.15) is 0 Å². The average Bonchev–Trinajstić information content (AvgIpc) is 2.83. The maximum absolute atomic E-state index is 5.42. The largest absolute Gasteiger partial charge is 0.473 e. The summed E-state index contributed by atoms with van der Waals surface area (Å²) in [5, 5.41) is 0. The molecule has 0 heterocycles. The number of hydrogen-bond acceptors (Lipinski definition) is 1. The topological polar surface area (TPSA) is 9.23 Å². The van der Waals surface area contributed by atoms with Gasteiger partial charge in [-0.25, -0.2) is 0 Å². The van der Waals surface area contributed by atoms with Gasteiger partial charge >= 0.3 is 0 Å². The van der Waals surface area contributed by atoms with Crippen molar-refractivity contribution in [2.24, 2.45) is 0 Å². The molecule has 1 nitrogen and oxygen atoms in total. The van der Waals surface area contributed by atoms with E-state index in [9.17, 15) is 0 Å². The molecule has 33 heavy (non-hydrogen) atoms. The number of unbranched alkanes of at least 4 members (excludes halogenated alkanes) is 21. The molecule has 0 aliphatic heterocycles. The normalized spacial score (nSPS) is 11.3. The Labute approximate surface area is 211 Å². The van der Waals surface area contributed by atoms with Gasteiger partial charge in [-0.15, -0.1) is 0 Å². The van der Waals surface area contributed by atoms with E-state index in [-0.39, 0.29) is 0 Å². The van der Waals surface area contributed by atoms with Gasteiger partial charge in [0, 0.05) is 0 Å². The third-order valence-electron chi connectivity index (χ3n) is 6.26. The molecule has 0 spiro atoms. The highest BCUT2D eigenvalue weighted by atomic mass is 16.5. The zero-order chi connectivity index (χ0) is 24.5. The van der Waals surface area contributed by atoms with Gasteiger partial charge in [-0.05, 0) is 37.8 Å². The Kier molecular flexibility index (Phi) is 37.4. The van der Waals surface area contributed by atoms with E-state index >= 15 is 0 Å². The summed E-state index contributed by atoms with van der Waals surface area (Å²) in [6.45, 7) is 9.07. The fraction of sp³-hybridized carbons (Fsp3) is 0.875. The Balaban J connectivity index is 0. The van der Waals surface area contributed by atoms with Gasteiger partial charge in [0.2, 0.25) is 0 Å². The molecule has 1 heteroatoms. The summed E-state index contributed by atoms with van der Waals surface area (Å²) in [6, 6.07) is 0. The lowest BCUT2D eigenvalue weighted by Crippen LogP contribution is -1.80. The van der Waals surface area contributed by atoms with Gasteiger partial charge in [0.25, 0.3) is 0 Å². The van der Waals surface area contributed by atoms with Crippen LogP contribution < -0.4 is 0 Å². The summed E-state index contributed by atoms with van der Waals surface area (Å²) in [5.41, 5.74) is 0. The van der Waals surface area contributed by atoms with Gasteiger partial charge in [0.15, 0.2) is 0 Å². The molecule has 0 bridgehead atoms. The maximum Gasteiger partial charge on any atom is 0.0861 e. The Morgan fingerprint density at radius 2 is 0.576 bits per heavy atom. The summed E-state index contributed by atoms with van der Waals surface area (Å²) in [5.74, 6) is 0. The molecule has 0 N–H and O–H groups in total. The predicted octanol–water partition coefficient (Wildman–Crippen LogP) is 12.5. The molecule has 0 unspecified atom stereocenters. The molecule has 0 aromatic carbocycles. The minimum atomic E-state index is 1.15. The van der Waals surface area contributed by atoms with Crippen molar-refractivity contribution in [3.05, 3.63) is 24.7 Å². The molecular formula is C32H64O. The molecule has 0 fully saturated rings. The van der Waals surface area contributed by atoms with Gasteiger partial charge in [-0.3, -0.25) is 0 Å². The van der Waals surface area contributed by atoms with Gasteiger partial charge in [-0.1, -0.05) is 156 Å². The first-order chi connectivity index (χ1) is 16.3. The monoisotopic (exact) mass is 464 g/mol. The van der Waals surface area contributed by atoms with E-state index < -0.39 is 0 Å². The first kappa shape index (κ1) is 34.4. The summed E-state index contributed by atoms with van der Waals surface area (Å²) < 4.78 is 5.42. The second-order valence-electron chi connectivity index (χ2n) is 9.82. The standard InChI is InChI=1S/C24H46O.C8H18/c1-3-5-7-9-11-13-15-17-19-21-23-25-24-22-20-18-16-14-12-10-8-6-4-2;1-3-5-7-8-6-4-2/h21-24H,3-20H2,1-2H3;3-8H2,1-2H3. The maximum atomic E-state index is 5.42. The fourth-order valence-electron chi connectivity index (χ4n) is 3.94. The lowest BCUT2D eigenvalue weighted by molar-refractivity contribution is 0.397. The van der Waals surface area contributed by atoms with Crippen molar-refractivity contribution >= 4 is 0 Å². The van der Waals surface area contributed by atoms with Crippen LogP contribution in [0.3, 0.4) is 0 Å².